The molecule has 1 fully saturated rings. The Morgan fingerprint density at radius 1 is 1.45 bits per heavy atom. The van der Waals surface area contributed by atoms with Crippen molar-refractivity contribution in [2.45, 2.75) is 32.6 Å². The number of carbonyl (C=O) groups excluding carboxylic acids is 1. The average Bonchev–Trinajstić information content (AvgIpc) is 2.45. The zero-order valence-electron chi connectivity index (χ0n) is 12.3. The molecule has 4 heteroatoms. The predicted octanol–water partition coefficient (Wildman–Crippen LogP) is 3.29. The summed E-state index contributed by atoms with van der Waals surface area (Å²) in [5, 5.41) is 3.36. The number of hydrogen-bond acceptors (Lipinski definition) is 4. The number of anilines is 2. The van der Waals surface area contributed by atoms with Crippen LogP contribution in [0.2, 0.25) is 0 Å². The maximum Gasteiger partial charge on any atom is 0.340 e. The maximum absolute atomic E-state index is 11.8. The molecule has 0 heterocycles. The summed E-state index contributed by atoms with van der Waals surface area (Å²) in [5.41, 5.74) is 7.80. The van der Waals surface area contributed by atoms with Gasteiger partial charge in [-0.2, -0.15) is 0 Å². The lowest BCUT2D eigenvalue weighted by molar-refractivity contribution is 0.0602. The van der Waals surface area contributed by atoms with Gasteiger partial charge in [-0.1, -0.05) is 25.8 Å². The fraction of sp³-hybridized carbons (Fsp3) is 0.562. The first kappa shape index (κ1) is 14.7. The molecule has 20 heavy (non-hydrogen) atoms. The number of rotatable bonds is 4. The van der Waals surface area contributed by atoms with Gasteiger partial charge in [-0.3, -0.25) is 0 Å². The van der Waals surface area contributed by atoms with Crippen LogP contribution in [-0.4, -0.2) is 19.6 Å². The summed E-state index contributed by atoms with van der Waals surface area (Å²) in [6, 6.07) is 5.32. The Morgan fingerprint density at radius 2 is 2.25 bits per heavy atom. The number of carbonyl (C=O) groups is 1. The summed E-state index contributed by atoms with van der Waals surface area (Å²) >= 11 is 0. The predicted molar refractivity (Wildman–Crippen MR) is 81.8 cm³/mol. The van der Waals surface area contributed by atoms with Crippen LogP contribution in [0, 0.1) is 11.8 Å². The molecule has 2 rings (SSSR count). The van der Waals surface area contributed by atoms with E-state index >= 15 is 0 Å². The van der Waals surface area contributed by atoms with Gasteiger partial charge in [0, 0.05) is 6.54 Å². The normalized spacial score (nSPS) is 22.3. The summed E-state index contributed by atoms with van der Waals surface area (Å²) in [5.74, 6) is 1.10. The minimum atomic E-state index is -0.350. The highest BCUT2D eigenvalue weighted by Gasteiger charge is 2.20. The van der Waals surface area contributed by atoms with Crippen LogP contribution < -0.4 is 11.1 Å². The molecule has 1 aromatic carbocycles. The van der Waals surface area contributed by atoms with Gasteiger partial charge in [-0.25, -0.2) is 4.79 Å². The molecule has 110 valence electrons. The second-order valence-electron chi connectivity index (χ2n) is 5.78. The van der Waals surface area contributed by atoms with E-state index in [-0.39, 0.29) is 5.97 Å². The summed E-state index contributed by atoms with van der Waals surface area (Å²) < 4.78 is 4.81. The lowest BCUT2D eigenvalue weighted by atomic mass is 9.82. The van der Waals surface area contributed by atoms with Gasteiger partial charge in [0.05, 0.1) is 24.0 Å². The van der Waals surface area contributed by atoms with E-state index in [9.17, 15) is 4.79 Å². The zero-order valence-corrected chi connectivity index (χ0v) is 12.3. The van der Waals surface area contributed by atoms with Gasteiger partial charge in [-0.05, 0) is 36.8 Å². The number of methoxy groups -OCH3 is 1. The zero-order chi connectivity index (χ0) is 14.5. The third kappa shape index (κ3) is 3.44. The largest absolute Gasteiger partial charge is 0.465 e. The van der Waals surface area contributed by atoms with E-state index in [0.717, 1.165) is 12.5 Å². The molecule has 0 radical (unpaired) electrons. The standard InChI is InChI=1S/C16H24N2O2/c1-11-5-3-6-12(9-11)10-18-15-13(16(19)20-2)7-4-8-14(15)17/h4,7-8,11-12,18H,3,5-6,9-10,17H2,1-2H3. The highest BCUT2D eigenvalue weighted by Crippen LogP contribution is 2.30. The third-order valence-corrected chi connectivity index (χ3v) is 4.11. The molecule has 1 aromatic rings. The van der Waals surface area contributed by atoms with Gasteiger partial charge in [0.1, 0.15) is 0 Å². The Morgan fingerprint density at radius 3 is 2.95 bits per heavy atom. The minimum absolute atomic E-state index is 0.350. The first-order valence-electron chi connectivity index (χ1n) is 7.32. The van der Waals surface area contributed by atoms with E-state index in [0.29, 0.717) is 22.9 Å². The summed E-state index contributed by atoms with van der Waals surface area (Å²) in [6.07, 6.45) is 5.12. The molecule has 0 spiro atoms. The molecule has 4 nitrogen and oxygen atoms in total. The molecule has 1 aliphatic carbocycles. The number of hydrogen-bond donors (Lipinski definition) is 2. The van der Waals surface area contributed by atoms with E-state index in [4.69, 9.17) is 10.5 Å². The molecule has 1 aliphatic rings. The van der Waals surface area contributed by atoms with Crippen LogP contribution in [0.25, 0.3) is 0 Å². The summed E-state index contributed by atoms with van der Waals surface area (Å²) in [4.78, 5) is 11.8. The summed E-state index contributed by atoms with van der Waals surface area (Å²) in [7, 11) is 1.39. The summed E-state index contributed by atoms with van der Waals surface area (Å²) in [6.45, 7) is 3.17. The smallest absolute Gasteiger partial charge is 0.340 e. The molecule has 0 aromatic heterocycles. The van der Waals surface area contributed by atoms with Crippen LogP contribution >= 0.6 is 0 Å². The Balaban J connectivity index is 2.06. The lowest BCUT2D eigenvalue weighted by Crippen LogP contribution is -2.22. The van der Waals surface area contributed by atoms with Crippen LogP contribution in [0.4, 0.5) is 11.4 Å². The first-order chi connectivity index (χ1) is 9.61. The number of para-hydroxylation sites is 1. The van der Waals surface area contributed by atoms with Crippen LogP contribution in [-0.2, 0) is 4.74 Å². The minimum Gasteiger partial charge on any atom is -0.465 e. The first-order valence-corrected chi connectivity index (χ1v) is 7.32. The van der Waals surface area contributed by atoms with Crippen LogP contribution in [0.5, 0.6) is 0 Å². The number of benzene rings is 1. The van der Waals surface area contributed by atoms with E-state index < -0.39 is 0 Å². The Labute approximate surface area is 120 Å². The van der Waals surface area contributed by atoms with Crippen molar-refractivity contribution in [3.8, 4) is 0 Å². The van der Waals surface area contributed by atoms with Gasteiger partial charge in [0.2, 0.25) is 0 Å². The molecule has 3 N–H and O–H groups in total. The van der Waals surface area contributed by atoms with Crippen molar-refractivity contribution >= 4 is 17.3 Å². The van der Waals surface area contributed by atoms with Crippen molar-refractivity contribution in [1.82, 2.24) is 0 Å². The maximum atomic E-state index is 11.8. The number of esters is 1. The quantitative estimate of drug-likeness (QED) is 0.654. The SMILES string of the molecule is COC(=O)c1cccc(N)c1NCC1CCCC(C)C1. The van der Waals surface area contributed by atoms with E-state index in [2.05, 4.69) is 12.2 Å². The lowest BCUT2D eigenvalue weighted by Gasteiger charge is -2.27. The topological polar surface area (TPSA) is 64.3 Å². The van der Waals surface area contributed by atoms with E-state index in [1.54, 1.807) is 18.2 Å². The van der Waals surface area contributed by atoms with Crippen LogP contribution in [0.15, 0.2) is 18.2 Å². The third-order valence-electron chi connectivity index (χ3n) is 4.11. The van der Waals surface area contributed by atoms with Gasteiger partial charge in [0.25, 0.3) is 0 Å². The molecule has 0 bridgehead atoms. The molecule has 1 saturated carbocycles. The monoisotopic (exact) mass is 276 g/mol. The molecule has 2 atom stereocenters. The highest BCUT2D eigenvalue weighted by atomic mass is 16.5. The Bertz CT molecular complexity index is 474. The van der Waals surface area contributed by atoms with E-state index in [1.165, 1.54) is 32.8 Å². The Kier molecular flexibility index (Phi) is 4.88. The van der Waals surface area contributed by atoms with Crippen molar-refractivity contribution in [2.24, 2.45) is 11.8 Å². The van der Waals surface area contributed by atoms with Gasteiger partial charge in [0.15, 0.2) is 0 Å². The highest BCUT2D eigenvalue weighted by molar-refractivity contribution is 5.98. The Hall–Kier alpha value is -1.71. The molecular weight excluding hydrogens is 252 g/mol. The molecular formula is C16H24N2O2. The van der Waals surface area contributed by atoms with Crippen molar-refractivity contribution in [2.75, 3.05) is 24.7 Å². The van der Waals surface area contributed by atoms with Gasteiger partial charge < -0.3 is 15.8 Å². The molecule has 0 aliphatic heterocycles. The number of nitrogen functional groups attached to an aromatic ring is 1. The number of ether oxygens (including phenoxy) is 1. The fourth-order valence-corrected chi connectivity index (χ4v) is 3.04. The number of nitrogens with two attached hydrogens (primary N) is 1. The molecule has 2 unspecified atom stereocenters. The van der Waals surface area contributed by atoms with Gasteiger partial charge in [-0.15, -0.1) is 0 Å². The second-order valence-corrected chi connectivity index (χ2v) is 5.78. The van der Waals surface area contributed by atoms with Crippen LogP contribution in [0.3, 0.4) is 0 Å². The van der Waals surface area contributed by atoms with Crippen LogP contribution in [0.1, 0.15) is 43.0 Å². The van der Waals surface area contributed by atoms with E-state index in [1.807, 2.05) is 0 Å². The van der Waals surface area contributed by atoms with Gasteiger partial charge >= 0.3 is 5.97 Å². The van der Waals surface area contributed by atoms with Crippen molar-refractivity contribution in [3.05, 3.63) is 23.8 Å². The molecule has 0 amide bonds. The van der Waals surface area contributed by atoms with Crippen molar-refractivity contribution in [3.63, 3.8) is 0 Å². The average molecular weight is 276 g/mol. The van der Waals surface area contributed by atoms with Crippen molar-refractivity contribution in [1.29, 1.82) is 0 Å². The second kappa shape index (κ2) is 6.64. The number of nitrogens with one attached hydrogen (secondary N) is 1. The fourth-order valence-electron chi connectivity index (χ4n) is 3.04. The van der Waals surface area contributed by atoms with Crippen molar-refractivity contribution < 1.29 is 9.53 Å². The molecule has 0 saturated heterocycles.